The molecule has 1 fully saturated rings. The van der Waals surface area contributed by atoms with Crippen molar-refractivity contribution >= 4 is 17.3 Å². The van der Waals surface area contributed by atoms with Crippen LogP contribution >= 0.6 is 0 Å². The highest BCUT2D eigenvalue weighted by atomic mass is 16.6. The summed E-state index contributed by atoms with van der Waals surface area (Å²) in [6, 6.07) is 9.89. The molecule has 0 amide bonds. The lowest BCUT2D eigenvalue weighted by Gasteiger charge is -2.16. The highest BCUT2D eigenvalue weighted by Gasteiger charge is 2.19. The Labute approximate surface area is 157 Å². The van der Waals surface area contributed by atoms with Crippen molar-refractivity contribution in [2.45, 2.75) is 31.8 Å². The van der Waals surface area contributed by atoms with Gasteiger partial charge in [0.2, 0.25) is 0 Å². The zero-order chi connectivity index (χ0) is 19.2. The Kier molecular flexibility index (Phi) is 5.67. The fraction of sp³-hybridized carbons (Fsp3) is 0.300. The van der Waals surface area contributed by atoms with Gasteiger partial charge in [-0.1, -0.05) is 12.1 Å². The number of ether oxygens (including phenoxy) is 2. The first-order valence-corrected chi connectivity index (χ1v) is 8.68. The molecule has 0 N–H and O–H groups in total. The second-order valence-electron chi connectivity index (χ2n) is 6.27. The summed E-state index contributed by atoms with van der Waals surface area (Å²) in [5.74, 6) is 1.06. The molecule has 0 saturated heterocycles. The fourth-order valence-corrected chi connectivity index (χ4v) is 3.06. The molecule has 0 aliphatic heterocycles. The third-order valence-corrected chi connectivity index (χ3v) is 4.44. The fourth-order valence-electron chi connectivity index (χ4n) is 3.06. The Bertz CT molecular complexity index is 912. The molecule has 1 aromatic heterocycles. The Morgan fingerprint density at radius 2 is 2.11 bits per heavy atom. The van der Waals surface area contributed by atoms with E-state index in [-0.39, 0.29) is 17.4 Å². The van der Waals surface area contributed by atoms with Gasteiger partial charge in [0.15, 0.2) is 11.5 Å². The van der Waals surface area contributed by atoms with Gasteiger partial charge < -0.3 is 9.47 Å². The summed E-state index contributed by atoms with van der Waals surface area (Å²) in [4.78, 5) is 14.7. The number of pyridine rings is 1. The van der Waals surface area contributed by atoms with Crippen LogP contribution in [0.25, 0.3) is 11.6 Å². The molecule has 1 heterocycles. The zero-order valence-electron chi connectivity index (χ0n) is 14.9. The summed E-state index contributed by atoms with van der Waals surface area (Å²) in [7, 11) is 1.54. The Balaban J connectivity index is 1.94. The van der Waals surface area contributed by atoms with Gasteiger partial charge >= 0.3 is 0 Å². The van der Waals surface area contributed by atoms with E-state index in [1.807, 2.05) is 0 Å². The van der Waals surface area contributed by atoms with Crippen LogP contribution in [0.2, 0.25) is 0 Å². The molecule has 138 valence electrons. The third-order valence-electron chi connectivity index (χ3n) is 4.44. The van der Waals surface area contributed by atoms with Crippen molar-refractivity contribution < 1.29 is 14.4 Å². The van der Waals surface area contributed by atoms with Crippen LogP contribution in [0.1, 0.15) is 36.9 Å². The van der Waals surface area contributed by atoms with Crippen LogP contribution in [0.3, 0.4) is 0 Å². The molecule has 27 heavy (non-hydrogen) atoms. The Hall–Kier alpha value is -3.40. The van der Waals surface area contributed by atoms with Crippen LogP contribution < -0.4 is 9.47 Å². The van der Waals surface area contributed by atoms with Gasteiger partial charge in [0, 0.05) is 18.2 Å². The minimum atomic E-state index is -0.470. The smallest absolute Gasteiger partial charge is 0.270 e. The standard InChI is InChI=1S/C20H19N3O4/c1-26-20-13-22-18(11-19(20)27-17-7-2-3-8-17)15(12-21)9-14-5-4-6-16(10-14)23(24)25/h4-6,9-11,13,17H,2-3,7-8H2,1H3/b15-9+. The molecule has 1 saturated carbocycles. The molecular weight excluding hydrogens is 346 g/mol. The van der Waals surface area contributed by atoms with Crippen LogP contribution in [0.5, 0.6) is 11.5 Å². The summed E-state index contributed by atoms with van der Waals surface area (Å²) in [6.45, 7) is 0. The van der Waals surface area contributed by atoms with E-state index >= 15 is 0 Å². The second-order valence-corrected chi connectivity index (χ2v) is 6.27. The van der Waals surface area contributed by atoms with Crippen molar-refractivity contribution in [3.8, 4) is 17.6 Å². The monoisotopic (exact) mass is 365 g/mol. The molecule has 0 radical (unpaired) electrons. The molecule has 0 atom stereocenters. The molecule has 7 nitrogen and oxygen atoms in total. The Morgan fingerprint density at radius 3 is 2.78 bits per heavy atom. The van der Waals surface area contributed by atoms with Crippen LogP contribution in [0.15, 0.2) is 36.5 Å². The minimum Gasteiger partial charge on any atom is -0.491 e. The van der Waals surface area contributed by atoms with Crippen molar-refractivity contribution in [2.24, 2.45) is 0 Å². The number of nitro groups is 1. The predicted octanol–water partition coefficient (Wildman–Crippen LogP) is 4.38. The van der Waals surface area contributed by atoms with Gasteiger partial charge in [0.1, 0.15) is 6.07 Å². The van der Waals surface area contributed by atoms with E-state index in [1.165, 1.54) is 18.3 Å². The largest absolute Gasteiger partial charge is 0.491 e. The summed E-state index contributed by atoms with van der Waals surface area (Å²) < 4.78 is 11.4. The molecule has 0 bridgehead atoms. The topological polar surface area (TPSA) is 98.3 Å². The first-order chi connectivity index (χ1) is 13.1. The number of aromatic nitrogens is 1. The van der Waals surface area contributed by atoms with E-state index in [9.17, 15) is 15.4 Å². The number of benzene rings is 1. The number of methoxy groups -OCH3 is 1. The SMILES string of the molecule is COc1cnc(/C(C#N)=C/c2cccc([N+](=O)[O-])c2)cc1OC1CCCC1. The molecule has 1 aliphatic carbocycles. The van der Waals surface area contributed by atoms with Gasteiger partial charge in [-0.2, -0.15) is 5.26 Å². The van der Waals surface area contributed by atoms with Crippen LogP contribution in [0, 0.1) is 21.4 Å². The van der Waals surface area contributed by atoms with Crippen molar-refractivity contribution in [1.82, 2.24) is 4.98 Å². The van der Waals surface area contributed by atoms with Crippen LogP contribution in [-0.4, -0.2) is 23.1 Å². The van der Waals surface area contributed by atoms with Gasteiger partial charge in [-0.15, -0.1) is 0 Å². The van der Waals surface area contributed by atoms with Crippen molar-refractivity contribution in [3.63, 3.8) is 0 Å². The molecule has 0 unspecified atom stereocenters. The number of nitriles is 1. The summed E-state index contributed by atoms with van der Waals surface area (Å²) >= 11 is 0. The second kappa shape index (κ2) is 8.32. The Morgan fingerprint density at radius 1 is 1.33 bits per heavy atom. The highest BCUT2D eigenvalue weighted by Crippen LogP contribution is 2.33. The lowest BCUT2D eigenvalue weighted by atomic mass is 10.1. The number of non-ortho nitro benzene ring substituents is 1. The molecule has 0 spiro atoms. The van der Waals surface area contributed by atoms with Gasteiger partial charge in [0.25, 0.3) is 5.69 Å². The quantitative estimate of drug-likeness (QED) is 0.428. The lowest BCUT2D eigenvalue weighted by Crippen LogP contribution is -2.12. The average molecular weight is 365 g/mol. The third kappa shape index (κ3) is 4.42. The zero-order valence-corrected chi connectivity index (χ0v) is 14.9. The first kappa shape index (κ1) is 18.4. The van der Waals surface area contributed by atoms with Crippen LogP contribution in [0.4, 0.5) is 5.69 Å². The maximum absolute atomic E-state index is 10.9. The van der Waals surface area contributed by atoms with E-state index in [2.05, 4.69) is 11.1 Å². The van der Waals surface area contributed by atoms with Gasteiger partial charge in [-0.3, -0.25) is 15.1 Å². The lowest BCUT2D eigenvalue weighted by molar-refractivity contribution is -0.384. The summed E-state index contributed by atoms with van der Waals surface area (Å²) in [5.41, 5.74) is 1.23. The number of allylic oxidation sites excluding steroid dienone is 1. The maximum Gasteiger partial charge on any atom is 0.270 e. The van der Waals surface area contributed by atoms with E-state index in [1.54, 1.807) is 31.4 Å². The van der Waals surface area contributed by atoms with E-state index < -0.39 is 4.92 Å². The maximum atomic E-state index is 10.9. The number of nitrogens with zero attached hydrogens (tertiary/aromatic N) is 3. The molecular formula is C20H19N3O4. The first-order valence-electron chi connectivity index (χ1n) is 8.68. The molecule has 1 aromatic carbocycles. The molecule has 3 rings (SSSR count). The highest BCUT2D eigenvalue weighted by molar-refractivity contribution is 5.88. The number of hydrogen-bond acceptors (Lipinski definition) is 6. The number of nitro benzene ring substituents is 1. The van der Waals surface area contributed by atoms with Crippen LogP contribution in [-0.2, 0) is 0 Å². The van der Waals surface area contributed by atoms with Gasteiger partial charge in [0.05, 0.1) is 35.6 Å². The van der Waals surface area contributed by atoms with E-state index in [4.69, 9.17) is 9.47 Å². The van der Waals surface area contributed by atoms with Gasteiger partial charge in [-0.05, 0) is 37.3 Å². The van der Waals surface area contributed by atoms with E-state index in [0.717, 1.165) is 25.7 Å². The molecule has 7 heteroatoms. The number of rotatable bonds is 6. The minimum absolute atomic E-state index is 0.0333. The van der Waals surface area contributed by atoms with E-state index in [0.29, 0.717) is 22.8 Å². The number of hydrogen-bond donors (Lipinski definition) is 0. The predicted molar refractivity (Wildman–Crippen MR) is 100 cm³/mol. The normalized spacial score (nSPS) is 14.6. The summed E-state index contributed by atoms with van der Waals surface area (Å²) in [5, 5.41) is 20.5. The molecule has 2 aromatic rings. The van der Waals surface area contributed by atoms with Crippen molar-refractivity contribution in [2.75, 3.05) is 7.11 Å². The van der Waals surface area contributed by atoms with Crippen molar-refractivity contribution in [3.05, 3.63) is 57.9 Å². The summed E-state index contributed by atoms with van der Waals surface area (Å²) in [6.07, 6.45) is 7.51. The molecule has 1 aliphatic rings. The van der Waals surface area contributed by atoms with Crippen molar-refractivity contribution in [1.29, 1.82) is 5.26 Å². The van der Waals surface area contributed by atoms with Gasteiger partial charge in [-0.25, -0.2) is 0 Å². The average Bonchev–Trinajstić information content (AvgIpc) is 3.19.